The average molecular weight is 406 g/mol. The Hall–Kier alpha value is -2.08. The lowest BCUT2D eigenvalue weighted by atomic mass is 10.1. The number of carbonyl (C=O) groups excluding carboxylic acids is 2. The van der Waals surface area contributed by atoms with E-state index in [0.29, 0.717) is 31.1 Å². The minimum atomic E-state index is 0.0294. The molecular weight excluding hydrogens is 364 g/mol. The number of anilines is 2. The van der Waals surface area contributed by atoms with Crippen LogP contribution in [0.5, 0.6) is 0 Å². The normalized spacial score (nSPS) is 14.1. The lowest BCUT2D eigenvalue weighted by molar-refractivity contribution is -0.946. The zero-order valence-corrected chi connectivity index (χ0v) is 19.0. The minimum Gasteiger partial charge on any atom is -0.399 e. The van der Waals surface area contributed by atoms with Crippen LogP contribution < -0.4 is 16.4 Å². The van der Waals surface area contributed by atoms with Crippen LogP contribution in [0.1, 0.15) is 65.9 Å². The highest BCUT2D eigenvalue weighted by molar-refractivity contribution is 5.91. The summed E-state index contributed by atoms with van der Waals surface area (Å²) in [5.41, 5.74) is 8.47. The number of likely N-dealkylation sites (N-methyl/N-ethyl adjacent to an activating group) is 1. The van der Waals surface area contributed by atoms with Crippen molar-refractivity contribution >= 4 is 23.2 Å². The van der Waals surface area contributed by atoms with E-state index in [1.165, 1.54) is 0 Å². The van der Waals surface area contributed by atoms with E-state index in [4.69, 9.17) is 5.73 Å². The van der Waals surface area contributed by atoms with Crippen LogP contribution in [0.3, 0.4) is 0 Å². The standard InChI is InChI=1S/C23H40N4O2/c1-6-10-18(5)27(9-4,16-14-25-22(28)8-3)15-13-23(29)26-21-12-11-20(24)17-19(21)7-2/h11-12,17-18H,6-10,13-16,24H2,1-5H3,(H-,25,26,28,29)/p+1. The van der Waals surface area contributed by atoms with Gasteiger partial charge in [0.2, 0.25) is 11.8 Å². The van der Waals surface area contributed by atoms with Crippen LogP contribution in [0.25, 0.3) is 0 Å². The van der Waals surface area contributed by atoms with Gasteiger partial charge in [-0.15, -0.1) is 0 Å². The predicted octanol–water partition coefficient (Wildman–Crippen LogP) is 3.71. The van der Waals surface area contributed by atoms with E-state index in [9.17, 15) is 9.59 Å². The largest absolute Gasteiger partial charge is 0.399 e. The summed E-state index contributed by atoms with van der Waals surface area (Å²) in [5.74, 6) is 0.109. The Morgan fingerprint density at radius 3 is 2.41 bits per heavy atom. The molecule has 4 N–H and O–H groups in total. The summed E-state index contributed by atoms with van der Waals surface area (Å²) in [6.07, 6.45) is 3.99. The molecule has 0 spiro atoms. The van der Waals surface area contributed by atoms with E-state index in [2.05, 4.69) is 38.3 Å². The van der Waals surface area contributed by atoms with Gasteiger partial charge >= 0.3 is 0 Å². The molecule has 0 fully saturated rings. The van der Waals surface area contributed by atoms with Crippen molar-refractivity contribution in [2.75, 3.05) is 37.2 Å². The molecular formula is C23H41N4O2+. The van der Waals surface area contributed by atoms with Gasteiger partial charge in [0.05, 0.1) is 38.6 Å². The number of nitrogens with one attached hydrogen (secondary N) is 2. The molecule has 2 atom stereocenters. The maximum atomic E-state index is 12.7. The molecule has 0 radical (unpaired) electrons. The van der Waals surface area contributed by atoms with Crippen molar-refractivity contribution in [3.8, 4) is 0 Å². The van der Waals surface area contributed by atoms with Crippen molar-refractivity contribution in [2.45, 2.75) is 72.8 Å². The molecule has 0 saturated heterocycles. The lowest BCUT2D eigenvalue weighted by Crippen LogP contribution is -2.58. The van der Waals surface area contributed by atoms with E-state index in [1.54, 1.807) is 0 Å². The summed E-state index contributed by atoms with van der Waals surface area (Å²) >= 11 is 0. The summed E-state index contributed by atoms with van der Waals surface area (Å²) in [6.45, 7) is 13.8. The van der Waals surface area contributed by atoms with Gasteiger partial charge in [0.1, 0.15) is 0 Å². The smallest absolute Gasteiger partial charge is 0.230 e. The Morgan fingerprint density at radius 1 is 1.10 bits per heavy atom. The fraction of sp³-hybridized carbons (Fsp3) is 0.652. The van der Waals surface area contributed by atoms with Crippen LogP contribution in [0.4, 0.5) is 11.4 Å². The van der Waals surface area contributed by atoms with E-state index in [1.807, 2.05) is 25.1 Å². The van der Waals surface area contributed by atoms with Crippen LogP contribution in [-0.2, 0) is 16.0 Å². The minimum absolute atomic E-state index is 0.0294. The molecule has 1 rings (SSSR count). The molecule has 0 saturated carbocycles. The summed E-state index contributed by atoms with van der Waals surface area (Å²) in [7, 11) is 0. The molecule has 2 unspecified atom stereocenters. The lowest BCUT2D eigenvalue weighted by Gasteiger charge is -2.43. The van der Waals surface area contributed by atoms with E-state index >= 15 is 0 Å². The van der Waals surface area contributed by atoms with Crippen molar-refractivity contribution in [2.24, 2.45) is 0 Å². The Kier molecular flexibility index (Phi) is 10.7. The van der Waals surface area contributed by atoms with Crippen LogP contribution in [0.15, 0.2) is 18.2 Å². The highest BCUT2D eigenvalue weighted by atomic mass is 16.2. The number of amides is 2. The van der Waals surface area contributed by atoms with E-state index in [-0.39, 0.29) is 11.8 Å². The Labute approximate surface area is 176 Å². The number of benzene rings is 1. The molecule has 1 aromatic carbocycles. The second-order valence-electron chi connectivity index (χ2n) is 7.89. The summed E-state index contributed by atoms with van der Waals surface area (Å²) in [6, 6.07) is 6.07. The summed E-state index contributed by atoms with van der Waals surface area (Å²) < 4.78 is 0.841. The third-order valence-electron chi connectivity index (χ3n) is 6.04. The van der Waals surface area contributed by atoms with Crippen molar-refractivity contribution in [3.05, 3.63) is 23.8 Å². The molecule has 6 heteroatoms. The number of nitrogens with zero attached hydrogens (tertiary/aromatic N) is 1. The van der Waals surface area contributed by atoms with Gasteiger partial charge < -0.3 is 20.9 Å². The van der Waals surface area contributed by atoms with Gasteiger partial charge in [0.25, 0.3) is 0 Å². The first-order chi connectivity index (χ1) is 13.8. The summed E-state index contributed by atoms with van der Waals surface area (Å²) in [4.78, 5) is 24.4. The molecule has 0 bridgehead atoms. The highest BCUT2D eigenvalue weighted by Gasteiger charge is 2.32. The third-order valence-corrected chi connectivity index (χ3v) is 6.04. The molecule has 29 heavy (non-hydrogen) atoms. The average Bonchev–Trinajstić information content (AvgIpc) is 2.71. The van der Waals surface area contributed by atoms with Crippen LogP contribution in [-0.4, -0.2) is 48.5 Å². The molecule has 6 nitrogen and oxygen atoms in total. The van der Waals surface area contributed by atoms with Crippen molar-refractivity contribution in [1.29, 1.82) is 0 Å². The maximum Gasteiger partial charge on any atom is 0.230 e. The molecule has 0 aromatic heterocycles. The molecule has 0 aliphatic rings. The first-order valence-electron chi connectivity index (χ1n) is 11.1. The molecule has 164 valence electrons. The topological polar surface area (TPSA) is 84.2 Å². The third kappa shape index (κ3) is 7.69. The number of hydrogen-bond acceptors (Lipinski definition) is 3. The quantitative estimate of drug-likeness (QED) is 0.345. The van der Waals surface area contributed by atoms with Gasteiger partial charge in [-0.1, -0.05) is 27.2 Å². The highest BCUT2D eigenvalue weighted by Crippen LogP contribution is 2.21. The number of rotatable bonds is 13. The number of nitrogens with two attached hydrogens (primary N) is 1. The fourth-order valence-corrected chi connectivity index (χ4v) is 3.98. The van der Waals surface area contributed by atoms with Crippen molar-refractivity contribution in [1.82, 2.24) is 5.32 Å². The van der Waals surface area contributed by atoms with Crippen molar-refractivity contribution in [3.63, 3.8) is 0 Å². The summed E-state index contributed by atoms with van der Waals surface area (Å²) in [5, 5.41) is 6.07. The number of hydrogen-bond donors (Lipinski definition) is 3. The van der Waals surface area contributed by atoms with Crippen LogP contribution in [0, 0.1) is 0 Å². The second kappa shape index (κ2) is 12.5. The molecule has 0 aliphatic carbocycles. The van der Waals surface area contributed by atoms with Crippen LogP contribution >= 0.6 is 0 Å². The van der Waals surface area contributed by atoms with Crippen molar-refractivity contribution < 1.29 is 14.1 Å². The first kappa shape index (κ1) is 25.0. The Balaban J connectivity index is 2.81. The van der Waals surface area contributed by atoms with Gasteiger partial charge in [-0.2, -0.15) is 0 Å². The molecule has 0 aliphatic heterocycles. The van der Waals surface area contributed by atoms with E-state index in [0.717, 1.165) is 54.6 Å². The Bertz CT molecular complexity index is 662. The molecule has 0 heterocycles. The zero-order valence-electron chi connectivity index (χ0n) is 19.0. The SMILES string of the molecule is CCCC(C)[N+](CC)(CCNC(=O)CC)CCC(=O)Nc1ccc(N)cc1CC. The van der Waals surface area contributed by atoms with Gasteiger partial charge in [-0.05, 0) is 50.5 Å². The van der Waals surface area contributed by atoms with Gasteiger partial charge in [0, 0.05) is 17.8 Å². The predicted molar refractivity (Wildman–Crippen MR) is 122 cm³/mol. The number of quaternary nitrogens is 1. The molecule has 2 amide bonds. The maximum absolute atomic E-state index is 12.7. The van der Waals surface area contributed by atoms with Gasteiger partial charge in [0.15, 0.2) is 0 Å². The number of aryl methyl sites for hydroxylation is 1. The zero-order chi connectivity index (χ0) is 21.9. The first-order valence-corrected chi connectivity index (χ1v) is 11.1. The number of carbonyl (C=O) groups is 2. The number of nitrogen functional groups attached to an aromatic ring is 1. The van der Waals surface area contributed by atoms with Gasteiger partial charge in [-0.25, -0.2) is 0 Å². The Morgan fingerprint density at radius 2 is 1.83 bits per heavy atom. The van der Waals surface area contributed by atoms with Crippen LogP contribution in [0.2, 0.25) is 0 Å². The molecule has 1 aromatic rings. The fourth-order valence-electron chi connectivity index (χ4n) is 3.98. The van der Waals surface area contributed by atoms with E-state index < -0.39 is 0 Å². The van der Waals surface area contributed by atoms with Gasteiger partial charge in [-0.3, -0.25) is 9.59 Å². The second-order valence-corrected chi connectivity index (χ2v) is 7.89. The monoisotopic (exact) mass is 405 g/mol.